The van der Waals surface area contributed by atoms with Gasteiger partial charge in [0.1, 0.15) is 10.8 Å². The maximum absolute atomic E-state index is 10.8. The lowest BCUT2D eigenvalue weighted by Crippen LogP contribution is -2.16. The number of anilines is 2. The van der Waals surface area contributed by atoms with Gasteiger partial charge in [0.2, 0.25) is 0 Å². The monoisotopic (exact) mass is 325 g/mol. The molecule has 1 heterocycles. The molecule has 116 valence electrons. The Bertz CT molecular complexity index is 800. The molecule has 3 aromatic rings. The van der Waals surface area contributed by atoms with E-state index in [1.54, 1.807) is 23.5 Å². The van der Waals surface area contributed by atoms with Crippen molar-refractivity contribution in [3.63, 3.8) is 0 Å². The first-order valence-electron chi connectivity index (χ1n) is 7.22. The fourth-order valence-corrected chi connectivity index (χ4v) is 3.15. The lowest BCUT2D eigenvalue weighted by molar-refractivity contribution is -0.384. The van der Waals surface area contributed by atoms with Gasteiger partial charge in [0.25, 0.3) is 5.69 Å². The minimum absolute atomic E-state index is 0.0908. The van der Waals surface area contributed by atoms with Gasteiger partial charge in [0.15, 0.2) is 0 Å². The third kappa shape index (κ3) is 3.22. The molecule has 0 unspecified atom stereocenters. The highest BCUT2D eigenvalue weighted by molar-refractivity contribution is 7.13. The van der Waals surface area contributed by atoms with Gasteiger partial charge in [-0.1, -0.05) is 30.3 Å². The summed E-state index contributed by atoms with van der Waals surface area (Å²) in [7, 11) is 0. The Kier molecular flexibility index (Phi) is 4.34. The summed E-state index contributed by atoms with van der Waals surface area (Å²) in [5.74, 6) is 0.852. The van der Waals surface area contributed by atoms with Gasteiger partial charge >= 0.3 is 0 Å². The van der Waals surface area contributed by atoms with Crippen molar-refractivity contribution in [2.75, 3.05) is 11.4 Å². The molecule has 0 spiro atoms. The molecule has 0 aliphatic heterocycles. The normalized spacial score (nSPS) is 10.5. The van der Waals surface area contributed by atoms with Crippen molar-refractivity contribution < 1.29 is 4.92 Å². The molecule has 0 saturated heterocycles. The molecule has 0 saturated carbocycles. The van der Waals surface area contributed by atoms with Gasteiger partial charge in [-0.3, -0.25) is 10.1 Å². The van der Waals surface area contributed by atoms with Crippen molar-refractivity contribution >= 4 is 28.5 Å². The van der Waals surface area contributed by atoms with Crippen molar-refractivity contribution in [3.8, 4) is 10.6 Å². The SMILES string of the molecule is CCN(c1ccc([N+](=O)[O-])cc1)c1csc(-c2ccccc2)n1. The van der Waals surface area contributed by atoms with Gasteiger partial charge in [-0.25, -0.2) is 4.98 Å². The second-order valence-electron chi connectivity index (χ2n) is 4.89. The Balaban J connectivity index is 1.89. The fraction of sp³-hybridized carbons (Fsp3) is 0.118. The molecule has 0 bridgehead atoms. The molecule has 6 heteroatoms. The molecule has 5 nitrogen and oxygen atoms in total. The second kappa shape index (κ2) is 6.58. The summed E-state index contributed by atoms with van der Waals surface area (Å²) in [5.41, 5.74) is 2.07. The molecular formula is C17H15N3O2S. The van der Waals surface area contributed by atoms with Crippen molar-refractivity contribution in [1.82, 2.24) is 4.98 Å². The van der Waals surface area contributed by atoms with E-state index in [4.69, 9.17) is 4.98 Å². The largest absolute Gasteiger partial charge is 0.326 e. The maximum Gasteiger partial charge on any atom is 0.269 e. The Labute approximate surface area is 138 Å². The van der Waals surface area contributed by atoms with E-state index in [1.807, 2.05) is 47.5 Å². The number of non-ortho nitro benzene ring substituents is 1. The predicted molar refractivity (Wildman–Crippen MR) is 93.3 cm³/mol. The number of rotatable bonds is 5. The highest BCUT2D eigenvalue weighted by atomic mass is 32.1. The summed E-state index contributed by atoms with van der Waals surface area (Å²) >= 11 is 1.59. The van der Waals surface area contributed by atoms with Gasteiger partial charge in [0.05, 0.1) is 4.92 Å². The molecule has 3 rings (SSSR count). The summed E-state index contributed by atoms with van der Waals surface area (Å²) in [6.45, 7) is 2.76. The summed E-state index contributed by atoms with van der Waals surface area (Å²) < 4.78 is 0. The number of benzene rings is 2. The summed E-state index contributed by atoms with van der Waals surface area (Å²) in [5, 5.41) is 13.7. The fourth-order valence-electron chi connectivity index (χ4n) is 2.33. The van der Waals surface area contributed by atoms with Gasteiger partial charge in [0, 0.05) is 35.3 Å². The second-order valence-corrected chi connectivity index (χ2v) is 5.75. The molecule has 1 aromatic heterocycles. The zero-order chi connectivity index (χ0) is 16.2. The number of thiazole rings is 1. The van der Waals surface area contributed by atoms with E-state index >= 15 is 0 Å². The third-order valence-corrected chi connectivity index (χ3v) is 4.36. The van der Waals surface area contributed by atoms with Crippen LogP contribution in [0.25, 0.3) is 10.6 Å². The number of nitro groups is 1. The smallest absolute Gasteiger partial charge is 0.269 e. The van der Waals surface area contributed by atoms with Crippen LogP contribution in [-0.4, -0.2) is 16.5 Å². The topological polar surface area (TPSA) is 59.3 Å². The van der Waals surface area contributed by atoms with Crippen molar-refractivity contribution in [2.24, 2.45) is 0 Å². The van der Waals surface area contributed by atoms with E-state index in [2.05, 4.69) is 0 Å². The standard InChI is InChI=1S/C17H15N3O2S/c1-2-19(14-8-10-15(11-9-14)20(21)22)16-12-23-17(18-16)13-6-4-3-5-7-13/h3-12H,2H2,1H3. The van der Waals surface area contributed by atoms with Gasteiger partial charge in [-0.15, -0.1) is 11.3 Å². The first-order valence-corrected chi connectivity index (χ1v) is 8.10. The Morgan fingerprint density at radius 1 is 1.13 bits per heavy atom. The lowest BCUT2D eigenvalue weighted by Gasteiger charge is -2.20. The van der Waals surface area contributed by atoms with E-state index in [0.29, 0.717) is 0 Å². The molecule has 0 aliphatic carbocycles. The minimum atomic E-state index is -0.392. The number of aromatic nitrogens is 1. The molecule has 23 heavy (non-hydrogen) atoms. The summed E-state index contributed by atoms with van der Waals surface area (Å²) in [6, 6.07) is 16.6. The number of nitrogens with zero attached hydrogens (tertiary/aromatic N) is 3. The van der Waals surface area contributed by atoms with Crippen LogP contribution in [0.15, 0.2) is 60.0 Å². The number of hydrogen-bond acceptors (Lipinski definition) is 5. The van der Waals surface area contributed by atoms with Gasteiger partial charge in [-0.2, -0.15) is 0 Å². The van der Waals surface area contributed by atoms with Crippen LogP contribution in [0.1, 0.15) is 6.92 Å². The average molecular weight is 325 g/mol. The van der Waals surface area contributed by atoms with E-state index in [-0.39, 0.29) is 5.69 Å². The summed E-state index contributed by atoms with van der Waals surface area (Å²) in [6.07, 6.45) is 0. The molecule has 2 aromatic carbocycles. The zero-order valence-electron chi connectivity index (χ0n) is 12.5. The van der Waals surface area contributed by atoms with Crippen LogP contribution in [0.4, 0.5) is 17.2 Å². The third-order valence-electron chi connectivity index (χ3n) is 3.48. The molecule has 0 radical (unpaired) electrons. The van der Waals surface area contributed by atoms with E-state index in [9.17, 15) is 10.1 Å². The minimum Gasteiger partial charge on any atom is -0.326 e. The predicted octanol–water partition coefficient (Wildman–Crippen LogP) is 4.88. The first kappa shape index (κ1) is 15.2. The quantitative estimate of drug-likeness (QED) is 0.495. The molecule has 0 fully saturated rings. The van der Waals surface area contributed by atoms with Crippen molar-refractivity contribution in [1.29, 1.82) is 0 Å². The number of hydrogen-bond donors (Lipinski definition) is 0. The zero-order valence-corrected chi connectivity index (χ0v) is 13.4. The molecular weight excluding hydrogens is 310 g/mol. The number of nitro benzene ring substituents is 1. The maximum atomic E-state index is 10.8. The van der Waals surface area contributed by atoms with Crippen LogP contribution < -0.4 is 4.90 Å². The Morgan fingerprint density at radius 2 is 1.83 bits per heavy atom. The molecule has 0 amide bonds. The lowest BCUT2D eigenvalue weighted by atomic mass is 10.2. The van der Waals surface area contributed by atoms with Crippen molar-refractivity contribution in [3.05, 3.63) is 70.1 Å². The van der Waals surface area contributed by atoms with E-state index < -0.39 is 4.92 Å². The molecule has 0 aliphatic rings. The Morgan fingerprint density at radius 3 is 2.43 bits per heavy atom. The molecule has 0 atom stereocenters. The highest BCUT2D eigenvalue weighted by Crippen LogP contribution is 2.31. The van der Waals surface area contributed by atoms with Gasteiger partial charge < -0.3 is 4.90 Å². The molecule has 0 N–H and O–H groups in total. The van der Waals surface area contributed by atoms with E-state index in [1.165, 1.54) is 12.1 Å². The Hall–Kier alpha value is -2.73. The van der Waals surface area contributed by atoms with Crippen LogP contribution in [0.5, 0.6) is 0 Å². The van der Waals surface area contributed by atoms with Crippen LogP contribution in [0.3, 0.4) is 0 Å². The van der Waals surface area contributed by atoms with Crippen LogP contribution in [-0.2, 0) is 0 Å². The summed E-state index contributed by atoms with van der Waals surface area (Å²) in [4.78, 5) is 17.1. The van der Waals surface area contributed by atoms with E-state index in [0.717, 1.165) is 28.6 Å². The van der Waals surface area contributed by atoms with Crippen LogP contribution in [0.2, 0.25) is 0 Å². The average Bonchev–Trinajstić information content (AvgIpc) is 3.06. The first-order chi connectivity index (χ1) is 11.2. The van der Waals surface area contributed by atoms with Crippen LogP contribution >= 0.6 is 11.3 Å². The van der Waals surface area contributed by atoms with Gasteiger partial charge in [-0.05, 0) is 19.1 Å². The van der Waals surface area contributed by atoms with Crippen molar-refractivity contribution in [2.45, 2.75) is 6.92 Å². The van der Waals surface area contributed by atoms with Crippen LogP contribution in [0, 0.1) is 10.1 Å². The highest BCUT2D eigenvalue weighted by Gasteiger charge is 2.13.